The Morgan fingerprint density at radius 2 is 1.61 bits per heavy atom. The van der Waals surface area contributed by atoms with Crippen LogP contribution in [0.3, 0.4) is 0 Å². The third-order valence-electron chi connectivity index (χ3n) is 3.16. The Labute approximate surface area is 164 Å². The van der Waals surface area contributed by atoms with E-state index in [0.717, 1.165) is 17.6 Å². The fraction of sp³-hybridized carbons (Fsp3) is 0.533. The van der Waals surface area contributed by atoms with Gasteiger partial charge in [0.1, 0.15) is 0 Å². The molecule has 0 atom stereocenters. The molecule has 0 aliphatic heterocycles. The molecule has 1 aromatic carbocycles. The molecule has 0 spiro atoms. The fourth-order valence-electron chi connectivity index (χ4n) is 1.80. The summed E-state index contributed by atoms with van der Waals surface area (Å²) in [4.78, 5) is 4.70. The van der Waals surface area contributed by atoms with Gasteiger partial charge in [-0.2, -0.15) is 0 Å². The van der Waals surface area contributed by atoms with E-state index in [1.54, 1.807) is 38.1 Å². The van der Waals surface area contributed by atoms with Gasteiger partial charge < -0.3 is 10.6 Å². The smallest absolute Gasteiger partial charge is 0.191 e. The number of hydrogen-bond acceptors (Lipinski definition) is 3. The van der Waals surface area contributed by atoms with Crippen LogP contribution < -0.4 is 10.6 Å². The van der Waals surface area contributed by atoms with Gasteiger partial charge >= 0.3 is 0 Å². The molecule has 0 unspecified atom stereocenters. The van der Waals surface area contributed by atoms with Crippen LogP contribution >= 0.6 is 39.9 Å². The van der Waals surface area contributed by atoms with Gasteiger partial charge in [-0.05, 0) is 52.0 Å². The van der Waals surface area contributed by atoms with Crippen molar-refractivity contribution in [1.29, 1.82) is 0 Å². The number of sulfone groups is 1. The van der Waals surface area contributed by atoms with Crippen LogP contribution in [0.1, 0.15) is 27.7 Å². The van der Waals surface area contributed by atoms with E-state index < -0.39 is 14.6 Å². The van der Waals surface area contributed by atoms with Crippen LogP contribution in [0.5, 0.6) is 0 Å². The Morgan fingerprint density at radius 1 is 1.13 bits per heavy atom. The fourth-order valence-corrected chi connectivity index (χ4v) is 3.43. The third-order valence-corrected chi connectivity index (χ3v) is 6.16. The molecule has 8 heteroatoms. The molecule has 0 bridgehead atoms. The highest BCUT2D eigenvalue weighted by Gasteiger charge is 2.35. The van der Waals surface area contributed by atoms with Crippen LogP contribution in [0.2, 0.25) is 0 Å². The van der Waals surface area contributed by atoms with E-state index >= 15 is 0 Å². The summed E-state index contributed by atoms with van der Waals surface area (Å²) in [6, 6.07) is 6.69. The summed E-state index contributed by atoms with van der Waals surface area (Å²) < 4.78 is 25.4. The predicted octanol–water partition coefficient (Wildman–Crippen LogP) is 3.19. The minimum Gasteiger partial charge on any atom is -0.357 e. The third kappa shape index (κ3) is 6.22. The van der Waals surface area contributed by atoms with Crippen molar-refractivity contribution in [2.45, 2.75) is 37.3 Å². The molecule has 0 aliphatic carbocycles. The van der Waals surface area contributed by atoms with Gasteiger partial charge in [0.05, 0.1) is 16.2 Å². The normalized spacial score (nSPS) is 11.3. The van der Waals surface area contributed by atoms with Gasteiger partial charge in [0.25, 0.3) is 0 Å². The quantitative estimate of drug-likeness (QED) is 0.345. The van der Waals surface area contributed by atoms with Crippen molar-refractivity contribution in [2.75, 3.05) is 19.6 Å². The lowest BCUT2D eigenvalue weighted by atomic mass is 10.2. The lowest BCUT2D eigenvalue weighted by molar-refractivity contribution is 0.548. The number of nitrogens with zero attached hydrogens (tertiary/aromatic N) is 1. The second-order valence-corrected chi connectivity index (χ2v) is 8.94. The second kappa shape index (κ2) is 9.83. The summed E-state index contributed by atoms with van der Waals surface area (Å²) >= 11 is 3.31. The second-order valence-electron chi connectivity index (χ2n) is 5.44. The summed E-state index contributed by atoms with van der Waals surface area (Å²) in [6.07, 6.45) is 0. The Balaban J connectivity index is 0.00000484. The molecule has 0 saturated carbocycles. The maximum absolute atomic E-state index is 12.8. The molecule has 2 N–H and O–H groups in total. The Hall–Kier alpha value is -0.350. The van der Waals surface area contributed by atoms with E-state index in [2.05, 4.69) is 31.6 Å². The molecule has 0 heterocycles. The maximum atomic E-state index is 12.8. The minimum atomic E-state index is -3.46. The van der Waals surface area contributed by atoms with E-state index in [-0.39, 0.29) is 30.5 Å². The Bertz CT molecular complexity index is 608. The molecule has 132 valence electrons. The molecular weight excluding hydrogens is 493 g/mol. The average molecular weight is 518 g/mol. The molecule has 0 fully saturated rings. The molecule has 0 saturated heterocycles. The van der Waals surface area contributed by atoms with E-state index in [9.17, 15) is 8.42 Å². The Morgan fingerprint density at radius 3 is 2.04 bits per heavy atom. The number of hydrogen-bond donors (Lipinski definition) is 2. The van der Waals surface area contributed by atoms with E-state index in [4.69, 9.17) is 0 Å². The van der Waals surface area contributed by atoms with E-state index in [0.29, 0.717) is 10.9 Å². The van der Waals surface area contributed by atoms with Gasteiger partial charge in [0, 0.05) is 17.6 Å². The van der Waals surface area contributed by atoms with Crippen LogP contribution in [0.4, 0.5) is 0 Å². The van der Waals surface area contributed by atoms with Crippen LogP contribution in [0.25, 0.3) is 0 Å². The van der Waals surface area contributed by atoms with Crippen molar-refractivity contribution in [3.8, 4) is 0 Å². The van der Waals surface area contributed by atoms with Crippen molar-refractivity contribution >= 4 is 55.7 Å². The van der Waals surface area contributed by atoms with Gasteiger partial charge in [-0.3, -0.25) is 4.99 Å². The first-order valence-electron chi connectivity index (χ1n) is 7.27. The summed E-state index contributed by atoms with van der Waals surface area (Å²) in [7, 11) is -3.46. The summed E-state index contributed by atoms with van der Waals surface area (Å²) in [5.74, 6) is 0.629. The zero-order valence-electron chi connectivity index (χ0n) is 13.9. The van der Waals surface area contributed by atoms with Crippen molar-refractivity contribution in [2.24, 2.45) is 4.99 Å². The van der Waals surface area contributed by atoms with E-state index in [1.807, 2.05) is 13.8 Å². The highest BCUT2D eigenvalue weighted by atomic mass is 127. The van der Waals surface area contributed by atoms with Crippen LogP contribution in [0.15, 0.2) is 38.6 Å². The summed E-state index contributed by atoms with van der Waals surface area (Å²) in [6.45, 7) is 8.97. The summed E-state index contributed by atoms with van der Waals surface area (Å²) in [5, 5.41) is 6.19. The van der Waals surface area contributed by atoms with Gasteiger partial charge in [-0.1, -0.05) is 15.9 Å². The van der Waals surface area contributed by atoms with Gasteiger partial charge in [0.15, 0.2) is 15.8 Å². The SMILES string of the molecule is CCNC(=NCC(C)(C)S(=O)(=O)c1ccc(Br)cc1)NCC.I. The zero-order chi connectivity index (χ0) is 16.8. The standard InChI is InChI=1S/C15H24BrN3O2S.HI/c1-5-17-14(18-6-2)19-11-15(3,4)22(20,21)13-9-7-12(16)8-10-13;/h7-10H,5-6,11H2,1-4H3,(H2,17,18,19);1H. The van der Waals surface area contributed by atoms with Crippen LogP contribution in [-0.4, -0.2) is 38.8 Å². The number of aliphatic imine (C=N–C) groups is 1. The first-order valence-corrected chi connectivity index (χ1v) is 9.54. The van der Waals surface area contributed by atoms with Crippen molar-refractivity contribution < 1.29 is 8.42 Å². The first kappa shape index (κ1) is 22.6. The van der Waals surface area contributed by atoms with Crippen molar-refractivity contribution in [3.63, 3.8) is 0 Å². The molecule has 0 aromatic heterocycles. The maximum Gasteiger partial charge on any atom is 0.191 e. The highest BCUT2D eigenvalue weighted by Crippen LogP contribution is 2.26. The number of rotatable bonds is 6. The average Bonchev–Trinajstić information content (AvgIpc) is 2.45. The molecule has 0 radical (unpaired) electrons. The molecular formula is C15H25BrIN3O2S. The highest BCUT2D eigenvalue weighted by molar-refractivity contribution is 14.0. The first-order chi connectivity index (χ1) is 10.2. The van der Waals surface area contributed by atoms with E-state index in [1.165, 1.54) is 0 Å². The molecule has 1 aromatic rings. The zero-order valence-corrected chi connectivity index (χ0v) is 18.6. The summed E-state index contributed by atoms with van der Waals surface area (Å²) in [5.41, 5.74) is 0. The number of halogens is 2. The molecule has 23 heavy (non-hydrogen) atoms. The monoisotopic (exact) mass is 517 g/mol. The van der Waals surface area contributed by atoms with Crippen molar-refractivity contribution in [1.82, 2.24) is 10.6 Å². The lowest BCUT2D eigenvalue weighted by Gasteiger charge is -2.23. The molecule has 0 amide bonds. The van der Waals surface area contributed by atoms with Gasteiger partial charge in [0.2, 0.25) is 0 Å². The minimum absolute atomic E-state index is 0. The molecule has 5 nitrogen and oxygen atoms in total. The number of nitrogens with one attached hydrogen (secondary N) is 2. The molecule has 1 rings (SSSR count). The van der Waals surface area contributed by atoms with Crippen LogP contribution in [-0.2, 0) is 9.84 Å². The van der Waals surface area contributed by atoms with Crippen molar-refractivity contribution in [3.05, 3.63) is 28.7 Å². The predicted molar refractivity (Wildman–Crippen MR) is 110 cm³/mol. The lowest BCUT2D eigenvalue weighted by Crippen LogP contribution is -2.40. The Kier molecular flexibility index (Phi) is 9.68. The molecule has 0 aliphatic rings. The largest absolute Gasteiger partial charge is 0.357 e. The number of benzene rings is 1. The van der Waals surface area contributed by atoms with Gasteiger partial charge in [-0.15, -0.1) is 24.0 Å². The number of guanidine groups is 1. The topological polar surface area (TPSA) is 70.6 Å². The van der Waals surface area contributed by atoms with Crippen LogP contribution in [0, 0.1) is 0 Å². The van der Waals surface area contributed by atoms with Gasteiger partial charge in [-0.25, -0.2) is 8.42 Å².